The molecule has 0 spiro atoms. The summed E-state index contributed by atoms with van der Waals surface area (Å²) in [6, 6.07) is 8.78. The highest BCUT2D eigenvalue weighted by Crippen LogP contribution is 2.40. The minimum absolute atomic E-state index is 0.0331. The lowest BCUT2D eigenvalue weighted by Crippen LogP contribution is -2.42. The minimum atomic E-state index is -0.628. The lowest BCUT2D eigenvalue weighted by molar-refractivity contribution is 0.249. The van der Waals surface area contributed by atoms with E-state index in [1.165, 1.54) is 44.2 Å². The predicted octanol–water partition coefficient (Wildman–Crippen LogP) is 6.46. The smallest absolute Gasteiger partial charge is 0.178 e. The van der Waals surface area contributed by atoms with E-state index in [4.69, 9.17) is 4.74 Å². The van der Waals surface area contributed by atoms with E-state index in [0.717, 1.165) is 38.7 Å². The molecule has 0 amide bonds. The van der Waals surface area contributed by atoms with E-state index in [2.05, 4.69) is 38.8 Å². The maximum Gasteiger partial charge on any atom is 0.178 e. The van der Waals surface area contributed by atoms with Gasteiger partial charge in [0.05, 0.1) is 24.1 Å². The summed E-state index contributed by atoms with van der Waals surface area (Å²) in [7, 11) is 4.17. The molecule has 0 N–H and O–H groups in total. The number of benzene rings is 2. The first-order valence-electron chi connectivity index (χ1n) is 15.3. The van der Waals surface area contributed by atoms with Crippen molar-refractivity contribution in [2.75, 3.05) is 56.7 Å². The van der Waals surface area contributed by atoms with E-state index in [9.17, 15) is 0 Å². The Bertz CT molecular complexity index is 1400. The van der Waals surface area contributed by atoms with Crippen LogP contribution in [0.5, 0.6) is 5.75 Å². The molecule has 42 heavy (non-hydrogen) atoms. The van der Waals surface area contributed by atoms with E-state index in [0.29, 0.717) is 53.4 Å². The lowest BCUT2D eigenvalue weighted by atomic mass is 9.88. The molecule has 0 bridgehead atoms. The highest BCUT2D eigenvalue weighted by molar-refractivity contribution is 5.72. The molecule has 9 heteroatoms. The number of anilines is 2. The summed E-state index contributed by atoms with van der Waals surface area (Å²) >= 11 is 0. The molecule has 1 aliphatic carbocycles. The van der Waals surface area contributed by atoms with Crippen LogP contribution in [0, 0.1) is 23.4 Å². The largest absolute Gasteiger partial charge is 0.486 e. The predicted molar refractivity (Wildman–Crippen MR) is 160 cm³/mol. The average Bonchev–Trinajstić information content (AvgIpc) is 2.99. The Kier molecular flexibility index (Phi) is 8.56. The van der Waals surface area contributed by atoms with Gasteiger partial charge in [0.1, 0.15) is 23.9 Å². The van der Waals surface area contributed by atoms with Crippen molar-refractivity contribution in [3.05, 3.63) is 65.4 Å². The van der Waals surface area contributed by atoms with Gasteiger partial charge in [0.15, 0.2) is 17.4 Å². The van der Waals surface area contributed by atoms with Crippen molar-refractivity contribution in [1.82, 2.24) is 14.9 Å². The van der Waals surface area contributed by atoms with Crippen molar-refractivity contribution in [3.8, 4) is 17.0 Å². The van der Waals surface area contributed by atoms with Crippen molar-refractivity contribution in [3.63, 3.8) is 0 Å². The zero-order chi connectivity index (χ0) is 29.2. The van der Waals surface area contributed by atoms with Gasteiger partial charge in [-0.2, -0.15) is 0 Å². The van der Waals surface area contributed by atoms with Crippen molar-refractivity contribution in [2.45, 2.75) is 57.4 Å². The molecule has 3 aromatic rings. The third-order valence-electron chi connectivity index (χ3n) is 9.15. The van der Waals surface area contributed by atoms with Gasteiger partial charge in [0, 0.05) is 37.7 Å². The zero-order valence-corrected chi connectivity index (χ0v) is 24.6. The van der Waals surface area contributed by atoms with Crippen LogP contribution in [0.25, 0.3) is 11.3 Å². The second-order valence-electron chi connectivity index (χ2n) is 12.2. The molecular weight excluding hydrogens is 539 g/mol. The van der Waals surface area contributed by atoms with Crippen molar-refractivity contribution < 1.29 is 17.9 Å². The van der Waals surface area contributed by atoms with Crippen molar-refractivity contribution in [1.29, 1.82) is 0 Å². The van der Waals surface area contributed by atoms with Crippen molar-refractivity contribution in [2.24, 2.45) is 5.92 Å². The van der Waals surface area contributed by atoms with Crippen LogP contribution in [0.4, 0.5) is 24.5 Å². The fourth-order valence-electron chi connectivity index (χ4n) is 6.76. The molecule has 1 aromatic heterocycles. The van der Waals surface area contributed by atoms with E-state index in [1.807, 2.05) is 12.1 Å². The molecule has 3 heterocycles. The number of aromatic nitrogens is 2. The second-order valence-corrected chi connectivity index (χ2v) is 12.2. The summed E-state index contributed by atoms with van der Waals surface area (Å²) in [5.74, 6) is -0.307. The molecule has 0 atom stereocenters. The van der Waals surface area contributed by atoms with Crippen molar-refractivity contribution >= 4 is 11.4 Å². The number of fused-ring (bicyclic) bond motifs is 1. The second kappa shape index (κ2) is 12.5. The summed E-state index contributed by atoms with van der Waals surface area (Å²) in [5, 5.41) is 0. The van der Waals surface area contributed by atoms with Gasteiger partial charge >= 0.3 is 0 Å². The molecule has 2 aliphatic heterocycles. The molecule has 1 saturated heterocycles. The Morgan fingerprint density at radius 2 is 1.67 bits per heavy atom. The molecule has 0 radical (unpaired) electrons. The molecule has 6 rings (SSSR count). The molecule has 3 aliphatic rings. The number of piperidine rings is 1. The fraction of sp³-hybridized carbons (Fsp3) is 0.515. The monoisotopic (exact) mass is 579 g/mol. The third kappa shape index (κ3) is 6.21. The maximum absolute atomic E-state index is 15.3. The molecule has 1 saturated carbocycles. The number of hydrogen-bond acceptors (Lipinski definition) is 6. The van der Waals surface area contributed by atoms with E-state index < -0.39 is 11.6 Å². The quantitative estimate of drug-likeness (QED) is 0.320. The Balaban J connectivity index is 1.21. The third-order valence-corrected chi connectivity index (χ3v) is 9.15. The number of nitrogens with zero attached hydrogens (tertiary/aromatic N) is 5. The first-order valence-corrected chi connectivity index (χ1v) is 15.3. The van der Waals surface area contributed by atoms with Crippen LogP contribution in [0.3, 0.4) is 0 Å². The Morgan fingerprint density at radius 3 is 2.40 bits per heavy atom. The van der Waals surface area contributed by atoms with Gasteiger partial charge in [-0.25, -0.2) is 23.1 Å². The molecule has 6 nitrogen and oxygen atoms in total. The Labute approximate surface area is 246 Å². The zero-order valence-electron chi connectivity index (χ0n) is 24.6. The lowest BCUT2D eigenvalue weighted by Gasteiger charge is -2.36. The maximum atomic E-state index is 15.3. The van der Waals surface area contributed by atoms with Crippen LogP contribution in [0.15, 0.2) is 36.5 Å². The van der Waals surface area contributed by atoms with Gasteiger partial charge in [-0.05, 0) is 75.5 Å². The van der Waals surface area contributed by atoms with E-state index >= 15 is 13.2 Å². The molecular formula is C33H40F3N5O. The topological polar surface area (TPSA) is 44.7 Å². The van der Waals surface area contributed by atoms with Gasteiger partial charge in [-0.15, -0.1) is 0 Å². The SMILES string of the molecule is CN(C)C1CCN(c2ccc(Cc3ncc(F)c(-c4cc(F)c5c(c4)N(CC4CCCCC4)CCO5)n3)cc2F)CC1. The molecule has 0 unspecified atom stereocenters. The summed E-state index contributed by atoms with van der Waals surface area (Å²) in [5.41, 5.74) is 2.32. The minimum Gasteiger partial charge on any atom is -0.486 e. The van der Waals surface area contributed by atoms with Crippen LogP contribution in [0.1, 0.15) is 56.3 Å². The van der Waals surface area contributed by atoms with Crippen LogP contribution < -0.4 is 14.5 Å². The van der Waals surface area contributed by atoms with Crippen LogP contribution in [-0.2, 0) is 6.42 Å². The standard InChI is InChI=1S/C33H40F3N5O/c1-39(2)25-10-12-40(13-11-25)29-9-8-23(16-26(29)34)17-31-37-20-28(36)32(38-31)24-18-27(35)33-30(19-24)41(14-15-42-33)21-22-6-4-3-5-7-22/h8-9,16,18-20,22,25H,3-7,10-15,17,21H2,1-2H3. The molecule has 2 fully saturated rings. The summed E-state index contributed by atoms with van der Waals surface area (Å²) in [6.45, 7) is 3.55. The highest BCUT2D eigenvalue weighted by Gasteiger charge is 2.27. The number of hydrogen-bond donors (Lipinski definition) is 0. The summed E-state index contributed by atoms with van der Waals surface area (Å²) in [6.07, 6.45) is 9.42. The summed E-state index contributed by atoms with van der Waals surface area (Å²) < 4.78 is 51.2. The van der Waals surface area contributed by atoms with Crippen LogP contribution >= 0.6 is 0 Å². The van der Waals surface area contributed by atoms with Gasteiger partial charge in [-0.3, -0.25) is 0 Å². The first-order chi connectivity index (χ1) is 20.4. The Hall–Kier alpha value is -3.33. The van der Waals surface area contributed by atoms with Crippen LogP contribution in [0.2, 0.25) is 0 Å². The molecule has 2 aromatic carbocycles. The van der Waals surface area contributed by atoms with Gasteiger partial charge in [-0.1, -0.05) is 25.3 Å². The number of ether oxygens (including phenoxy) is 1. The number of halogens is 3. The molecule has 224 valence electrons. The normalized spacial score (nSPS) is 18.3. The first kappa shape index (κ1) is 28.8. The highest BCUT2D eigenvalue weighted by atomic mass is 19.1. The fourth-order valence-corrected chi connectivity index (χ4v) is 6.76. The average molecular weight is 580 g/mol. The Morgan fingerprint density at radius 1 is 0.881 bits per heavy atom. The summed E-state index contributed by atoms with van der Waals surface area (Å²) in [4.78, 5) is 15.2. The van der Waals surface area contributed by atoms with Gasteiger partial charge in [0.25, 0.3) is 0 Å². The van der Waals surface area contributed by atoms with Crippen LogP contribution in [-0.4, -0.2) is 67.8 Å². The van der Waals surface area contributed by atoms with E-state index in [-0.39, 0.29) is 23.7 Å². The number of rotatable bonds is 7. The van der Waals surface area contributed by atoms with E-state index in [1.54, 1.807) is 6.07 Å². The van der Waals surface area contributed by atoms with Gasteiger partial charge < -0.3 is 19.4 Å². The van der Waals surface area contributed by atoms with Gasteiger partial charge in [0.2, 0.25) is 0 Å².